The predicted molar refractivity (Wildman–Crippen MR) is 139 cm³/mol. The van der Waals surface area contributed by atoms with Crippen LogP contribution in [-0.2, 0) is 22.3 Å². The van der Waals surface area contributed by atoms with E-state index in [2.05, 4.69) is 0 Å². The number of esters is 1. The van der Waals surface area contributed by atoms with E-state index in [0.717, 1.165) is 6.07 Å². The first-order valence-electron chi connectivity index (χ1n) is 12.0. The van der Waals surface area contributed by atoms with Gasteiger partial charge < -0.3 is 18.6 Å². The Bertz CT molecular complexity index is 1560. The fourth-order valence-electron chi connectivity index (χ4n) is 3.80. The summed E-state index contributed by atoms with van der Waals surface area (Å²) in [5.41, 5.74) is -0.156. The first kappa shape index (κ1) is 28.0. The highest BCUT2D eigenvalue weighted by molar-refractivity contribution is 6.31. The van der Waals surface area contributed by atoms with E-state index in [0.29, 0.717) is 16.1 Å². The Kier molecular flexibility index (Phi) is 8.20. The SMILES string of the molecule is CC(C)c1ccccc1Oc1c(C(F)(F)F)oc2cc(O[C@H](C)C(=O)OCc3ccccc3Cl)ccc2c1=O. The van der Waals surface area contributed by atoms with Crippen molar-refractivity contribution in [2.45, 2.75) is 45.6 Å². The smallest absolute Gasteiger partial charge is 0.453 e. The summed E-state index contributed by atoms with van der Waals surface area (Å²) in [5, 5.41) is 0.279. The predicted octanol–water partition coefficient (Wildman–Crippen LogP) is 7.89. The molecule has 1 atom stereocenters. The number of hydrogen-bond acceptors (Lipinski definition) is 6. The third-order valence-electron chi connectivity index (χ3n) is 5.81. The Morgan fingerprint density at radius 2 is 1.69 bits per heavy atom. The number of benzene rings is 3. The Morgan fingerprint density at radius 3 is 2.38 bits per heavy atom. The molecule has 0 aliphatic heterocycles. The lowest BCUT2D eigenvalue weighted by atomic mass is 10.0. The molecule has 0 spiro atoms. The topological polar surface area (TPSA) is 75.0 Å². The van der Waals surface area contributed by atoms with Gasteiger partial charge in [-0.05, 0) is 42.7 Å². The van der Waals surface area contributed by atoms with Crippen LogP contribution in [0.25, 0.3) is 11.0 Å². The van der Waals surface area contributed by atoms with Gasteiger partial charge in [0.25, 0.3) is 5.76 Å². The van der Waals surface area contributed by atoms with Crippen molar-refractivity contribution < 1.29 is 36.6 Å². The molecule has 1 heterocycles. The standard InChI is InChI=1S/C29H24ClF3O6/c1-16(2)20-9-5-7-11-23(20)38-26-25(34)21-13-12-19(14-24(21)39-27(26)29(31,32)33)37-17(3)28(35)36-15-18-8-4-6-10-22(18)30/h4-14,16-17H,15H2,1-3H3/t17-/m1/s1. The molecule has 0 saturated heterocycles. The molecular formula is C29H24ClF3O6. The minimum atomic E-state index is -5.03. The van der Waals surface area contributed by atoms with E-state index in [1.54, 1.807) is 42.5 Å². The van der Waals surface area contributed by atoms with E-state index in [4.69, 9.17) is 30.2 Å². The van der Waals surface area contributed by atoms with Gasteiger partial charge in [0.1, 0.15) is 23.7 Å². The first-order valence-corrected chi connectivity index (χ1v) is 12.3. The van der Waals surface area contributed by atoms with Gasteiger partial charge >= 0.3 is 12.1 Å². The molecule has 4 rings (SSSR count). The van der Waals surface area contributed by atoms with Crippen molar-refractivity contribution in [2.24, 2.45) is 0 Å². The second-order valence-electron chi connectivity index (χ2n) is 9.00. The van der Waals surface area contributed by atoms with E-state index in [1.807, 2.05) is 13.8 Å². The second kappa shape index (κ2) is 11.4. The molecule has 6 nitrogen and oxygen atoms in total. The highest BCUT2D eigenvalue weighted by Crippen LogP contribution is 2.40. The molecule has 0 aliphatic carbocycles. The lowest BCUT2D eigenvalue weighted by Crippen LogP contribution is -2.26. The molecule has 0 N–H and O–H groups in total. The van der Waals surface area contributed by atoms with Crippen molar-refractivity contribution in [3.05, 3.63) is 98.9 Å². The van der Waals surface area contributed by atoms with Gasteiger partial charge in [-0.15, -0.1) is 0 Å². The zero-order chi connectivity index (χ0) is 28.3. The number of fused-ring (bicyclic) bond motifs is 1. The first-order chi connectivity index (χ1) is 18.5. The molecule has 10 heteroatoms. The molecule has 204 valence electrons. The summed E-state index contributed by atoms with van der Waals surface area (Å²) < 4.78 is 63.4. The van der Waals surface area contributed by atoms with E-state index >= 15 is 0 Å². The maximum absolute atomic E-state index is 14.0. The van der Waals surface area contributed by atoms with Gasteiger partial charge in [0.05, 0.1) is 5.39 Å². The fourth-order valence-corrected chi connectivity index (χ4v) is 3.99. The van der Waals surface area contributed by atoms with Gasteiger partial charge in [-0.25, -0.2) is 4.79 Å². The summed E-state index contributed by atoms with van der Waals surface area (Å²) in [6.45, 7) is 5.03. The highest BCUT2D eigenvalue weighted by atomic mass is 35.5. The summed E-state index contributed by atoms with van der Waals surface area (Å²) in [6.07, 6.45) is -6.14. The lowest BCUT2D eigenvalue weighted by Gasteiger charge is -2.17. The fraction of sp³-hybridized carbons (Fsp3) is 0.241. The number of para-hydroxylation sites is 1. The molecular weight excluding hydrogens is 537 g/mol. The van der Waals surface area contributed by atoms with Crippen LogP contribution in [0.15, 0.2) is 75.9 Å². The van der Waals surface area contributed by atoms with Crippen LogP contribution in [0.1, 0.15) is 43.6 Å². The van der Waals surface area contributed by atoms with Crippen LogP contribution < -0.4 is 14.9 Å². The van der Waals surface area contributed by atoms with Crippen molar-refractivity contribution >= 4 is 28.5 Å². The second-order valence-corrected chi connectivity index (χ2v) is 9.41. The summed E-state index contributed by atoms with van der Waals surface area (Å²) in [6, 6.07) is 17.1. The van der Waals surface area contributed by atoms with Crippen LogP contribution in [0.3, 0.4) is 0 Å². The van der Waals surface area contributed by atoms with Gasteiger partial charge in [-0.1, -0.05) is 61.8 Å². The zero-order valence-electron chi connectivity index (χ0n) is 21.2. The third-order valence-corrected chi connectivity index (χ3v) is 6.17. The van der Waals surface area contributed by atoms with E-state index in [-0.39, 0.29) is 35.0 Å². The third kappa shape index (κ3) is 6.37. The van der Waals surface area contributed by atoms with Crippen LogP contribution in [0.2, 0.25) is 5.02 Å². The van der Waals surface area contributed by atoms with E-state index < -0.39 is 35.2 Å². The van der Waals surface area contributed by atoms with Gasteiger partial charge in [-0.3, -0.25) is 4.79 Å². The van der Waals surface area contributed by atoms with Crippen molar-refractivity contribution in [3.8, 4) is 17.2 Å². The van der Waals surface area contributed by atoms with Crippen molar-refractivity contribution in [2.75, 3.05) is 0 Å². The Hall–Kier alpha value is -3.98. The van der Waals surface area contributed by atoms with Gasteiger partial charge in [-0.2, -0.15) is 13.2 Å². The Balaban J connectivity index is 1.62. The molecule has 1 aromatic heterocycles. The van der Waals surface area contributed by atoms with Crippen LogP contribution in [0, 0.1) is 0 Å². The van der Waals surface area contributed by atoms with Gasteiger partial charge in [0.2, 0.25) is 11.2 Å². The van der Waals surface area contributed by atoms with Crippen molar-refractivity contribution in [1.82, 2.24) is 0 Å². The molecule has 0 fully saturated rings. The number of rotatable bonds is 8. The van der Waals surface area contributed by atoms with Crippen molar-refractivity contribution in [3.63, 3.8) is 0 Å². The average molecular weight is 561 g/mol. The maximum atomic E-state index is 14.0. The molecule has 0 unspecified atom stereocenters. The number of carbonyl (C=O) groups is 1. The number of hydrogen-bond donors (Lipinski definition) is 0. The minimum absolute atomic E-state index is 0.000195. The molecule has 4 aromatic rings. The summed E-state index contributed by atoms with van der Waals surface area (Å²) in [4.78, 5) is 25.6. The van der Waals surface area contributed by atoms with Crippen LogP contribution in [0.5, 0.6) is 17.2 Å². The van der Waals surface area contributed by atoms with Crippen LogP contribution in [-0.4, -0.2) is 12.1 Å². The van der Waals surface area contributed by atoms with Gasteiger partial charge in [0.15, 0.2) is 6.10 Å². The minimum Gasteiger partial charge on any atom is -0.479 e. The average Bonchev–Trinajstić information content (AvgIpc) is 2.89. The largest absolute Gasteiger partial charge is 0.479 e. The van der Waals surface area contributed by atoms with E-state index in [1.165, 1.54) is 25.1 Å². The molecule has 0 bridgehead atoms. The lowest BCUT2D eigenvalue weighted by molar-refractivity contribution is -0.154. The molecule has 3 aromatic carbocycles. The summed E-state index contributed by atoms with van der Waals surface area (Å²) in [5.74, 6) is -3.22. The molecule has 0 aliphatic rings. The van der Waals surface area contributed by atoms with Crippen molar-refractivity contribution in [1.29, 1.82) is 0 Å². The molecule has 0 saturated carbocycles. The number of halogens is 4. The highest BCUT2D eigenvalue weighted by Gasteiger charge is 2.40. The number of ether oxygens (including phenoxy) is 3. The Morgan fingerprint density at radius 1 is 1.00 bits per heavy atom. The normalized spacial score (nSPS) is 12.4. The van der Waals surface area contributed by atoms with Crippen LogP contribution >= 0.6 is 11.6 Å². The summed E-state index contributed by atoms with van der Waals surface area (Å²) in [7, 11) is 0. The summed E-state index contributed by atoms with van der Waals surface area (Å²) >= 11 is 6.06. The van der Waals surface area contributed by atoms with Gasteiger partial charge in [0, 0.05) is 16.7 Å². The zero-order valence-corrected chi connectivity index (χ0v) is 21.9. The van der Waals surface area contributed by atoms with E-state index in [9.17, 15) is 22.8 Å². The maximum Gasteiger partial charge on any atom is 0.453 e. The Labute approximate surface area is 226 Å². The molecule has 0 amide bonds. The quantitative estimate of drug-likeness (QED) is 0.204. The molecule has 39 heavy (non-hydrogen) atoms. The van der Waals surface area contributed by atoms with Crippen LogP contribution in [0.4, 0.5) is 13.2 Å². The number of carbonyl (C=O) groups excluding carboxylic acids is 1. The monoisotopic (exact) mass is 560 g/mol. The number of alkyl halides is 3. The molecule has 0 radical (unpaired) electrons.